The lowest BCUT2D eigenvalue weighted by molar-refractivity contribution is 0.412. The molecule has 2 rings (SSSR count). The van der Waals surface area contributed by atoms with Gasteiger partial charge in [-0.25, -0.2) is 0 Å². The summed E-state index contributed by atoms with van der Waals surface area (Å²) in [6.45, 7) is 0. The van der Waals surface area contributed by atoms with Gasteiger partial charge in [-0.2, -0.15) is 0 Å². The van der Waals surface area contributed by atoms with Crippen LogP contribution in [0.25, 0.3) is 10.1 Å². The number of hydrogen-bond donors (Lipinski definition) is 1. The fourth-order valence-electron chi connectivity index (χ4n) is 1.21. The second-order valence-corrected chi connectivity index (χ2v) is 4.77. The second-order valence-electron chi connectivity index (χ2n) is 2.58. The molecule has 1 aromatic carbocycles. The summed E-state index contributed by atoms with van der Waals surface area (Å²) < 4.78 is 7.41. The molecule has 1 heterocycles. The van der Waals surface area contributed by atoms with Gasteiger partial charge < -0.3 is 4.74 Å². The molecule has 4 heteroatoms. The van der Waals surface area contributed by atoms with Crippen LogP contribution in [0.4, 0.5) is 0 Å². The SMILES string of the molecule is COc1cc(S)c2ccsc2c1Br. The van der Waals surface area contributed by atoms with E-state index in [-0.39, 0.29) is 0 Å². The van der Waals surface area contributed by atoms with E-state index in [1.807, 2.05) is 6.07 Å². The molecule has 0 aliphatic heterocycles. The highest BCUT2D eigenvalue weighted by molar-refractivity contribution is 9.10. The monoisotopic (exact) mass is 274 g/mol. The summed E-state index contributed by atoms with van der Waals surface area (Å²) in [4.78, 5) is 0.955. The Kier molecular flexibility index (Phi) is 2.53. The van der Waals surface area contributed by atoms with Crippen molar-refractivity contribution in [2.45, 2.75) is 4.90 Å². The van der Waals surface area contributed by atoms with Gasteiger partial charge in [-0.05, 0) is 33.4 Å². The number of rotatable bonds is 1. The summed E-state index contributed by atoms with van der Waals surface area (Å²) in [5, 5.41) is 3.22. The molecule has 0 fully saturated rings. The minimum Gasteiger partial charge on any atom is -0.495 e. The second kappa shape index (κ2) is 3.52. The van der Waals surface area contributed by atoms with Gasteiger partial charge in [-0.15, -0.1) is 24.0 Å². The summed E-state index contributed by atoms with van der Waals surface area (Å²) >= 11 is 9.58. The van der Waals surface area contributed by atoms with Crippen molar-refractivity contribution < 1.29 is 4.74 Å². The van der Waals surface area contributed by atoms with Crippen molar-refractivity contribution in [1.82, 2.24) is 0 Å². The molecule has 0 spiro atoms. The zero-order valence-corrected chi connectivity index (χ0v) is 10.2. The van der Waals surface area contributed by atoms with Gasteiger partial charge in [-0.3, -0.25) is 0 Å². The number of halogens is 1. The van der Waals surface area contributed by atoms with Crippen LogP contribution in [0.1, 0.15) is 0 Å². The molecule has 0 saturated carbocycles. The van der Waals surface area contributed by atoms with Crippen molar-refractivity contribution >= 4 is 50.0 Å². The predicted molar refractivity (Wildman–Crippen MR) is 63.3 cm³/mol. The summed E-state index contributed by atoms with van der Waals surface area (Å²) in [6, 6.07) is 3.98. The van der Waals surface area contributed by atoms with Crippen molar-refractivity contribution in [1.29, 1.82) is 0 Å². The first-order valence-electron chi connectivity index (χ1n) is 3.66. The average molecular weight is 275 g/mol. The van der Waals surface area contributed by atoms with Crippen LogP contribution in [0.2, 0.25) is 0 Å². The van der Waals surface area contributed by atoms with Gasteiger partial charge in [0.2, 0.25) is 0 Å². The zero-order valence-electron chi connectivity index (χ0n) is 6.87. The van der Waals surface area contributed by atoms with Crippen molar-refractivity contribution in [2.24, 2.45) is 0 Å². The minimum atomic E-state index is 0.833. The highest BCUT2D eigenvalue weighted by Gasteiger charge is 2.09. The van der Waals surface area contributed by atoms with Crippen molar-refractivity contribution in [3.63, 3.8) is 0 Å². The Morgan fingerprint density at radius 3 is 3.00 bits per heavy atom. The Bertz CT molecular complexity index is 450. The van der Waals surface area contributed by atoms with Gasteiger partial charge in [-0.1, -0.05) is 0 Å². The number of thiophene rings is 1. The van der Waals surface area contributed by atoms with E-state index in [9.17, 15) is 0 Å². The maximum atomic E-state index is 5.21. The summed E-state index contributed by atoms with van der Waals surface area (Å²) in [6.07, 6.45) is 0. The lowest BCUT2D eigenvalue weighted by Crippen LogP contribution is -1.84. The molecule has 0 saturated heterocycles. The third kappa shape index (κ3) is 1.47. The maximum absolute atomic E-state index is 5.21. The van der Waals surface area contributed by atoms with E-state index in [1.54, 1.807) is 18.4 Å². The van der Waals surface area contributed by atoms with E-state index in [0.29, 0.717) is 0 Å². The lowest BCUT2D eigenvalue weighted by atomic mass is 10.2. The Morgan fingerprint density at radius 2 is 2.31 bits per heavy atom. The van der Waals surface area contributed by atoms with Gasteiger partial charge in [0.25, 0.3) is 0 Å². The molecule has 68 valence electrons. The van der Waals surface area contributed by atoms with Crippen LogP contribution in [0.15, 0.2) is 26.9 Å². The quantitative estimate of drug-likeness (QED) is 0.775. The van der Waals surface area contributed by atoms with E-state index >= 15 is 0 Å². The zero-order chi connectivity index (χ0) is 9.42. The third-order valence-corrected chi connectivity index (χ3v) is 4.20. The number of benzene rings is 1. The Labute approximate surface area is 94.3 Å². The van der Waals surface area contributed by atoms with Crippen LogP contribution in [0, 0.1) is 0 Å². The van der Waals surface area contributed by atoms with E-state index in [4.69, 9.17) is 4.74 Å². The van der Waals surface area contributed by atoms with Gasteiger partial charge in [0.1, 0.15) is 5.75 Å². The van der Waals surface area contributed by atoms with Gasteiger partial charge in [0.15, 0.2) is 0 Å². The average Bonchev–Trinajstić information content (AvgIpc) is 2.60. The van der Waals surface area contributed by atoms with E-state index in [2.05, 4.69) is 40.0 Å². The molecule has 0 aliphatic rings. The third-order valence-electron chi connectivity index (χ3n) is 1.84. The predicted octanol–water partition coefficient (Wildman–Crippen LogP) is 3.96. The molecule has 0 amide bonds. The van der Waals surface area contributed by atoms with Crippen LogP contribution in [0.3, 0.4) is 0 Å². The number of methoxy groups -OCH3 is 1. The first-order valence-corrected chi connectivity index (χ1v) is 5.78. The van der Waals surface area contributed by atoms with Crippen molar-refractivity contribution in [3.05, 3.63) is 22.0 Å². The first kappa shape index (κ1) is 9.37. The van der Waals surface area contributed by atoms with Crippen LogP contribution in [-0.4, -0.2) is 7.11 Å². The van der Waals surface area contributed by atoms with E-state index in [1.165, 1.54) is 10.1 Å². The van der Waals surface area contributed by atoms with Gasteiger partial charge >= 0.3 is 0 Å². The first-order chi connectivity index (χ1) is 6.24. The topological polar surface area (TPSA) is 9.23 Å². The van der Waals surface area contributed by atoms with Crippen LogP contribution in [0.5, 0.6) is 5.75 Å². The minimum absolute atomic E-state index is 0.833. The number of thiol groups is 1. The molecular formula is C9H7BrOS2. The molecule has 0 bridgehead atoms. The molecule has 0 radical (unpaired) electrons. The van der Waals surface area contributed by atoms with Crippen LogP contribution in [-0.2, 0) is 0 Å². The Hall–Kier alpha value is -0.190. The molecule has 1 nitrogen and oxygen atoms in total. The van der Waals surface area contributed by atoms with Crippen LogP contribution < -0.4 is 4.74 Å². The molecular weight excluding hydrogens is 268 g/mol. The molecule has 2 aromatic rings. The molecule has 0 aliphatic carbocycles. The van der Waals surface area contributed by atoms with E-state index in [0.717, 1.165) is 15.1 Å². The summed E-state index contributed by atoms with van der Waals surface area (Å²) in [5.74, 6) is 0.833. The fraction of sp³-hybridized carbons (Fsp3) is 0.111. The van der Waals surface area contributed by atoms with Crippen molar-refractivity contribution in [2.75, 3.05) is 7.11 Å². The van der Waals surface area contributed by atoms with Crippen molar-refractivity contribution in [3.8, 4) is 5.75 Å². The Balaban J connectivity index is 2.85. The molecule has 0 N–H and O–H groups in total. The number of fused-ring (bicyclic) bond motifs is 1. The standard InChI is InChI=1S/C9H7BrOS2/c1-11-6-4-7(12)5-2-3-13-9(5)8(6)10/h2-4,12H,1H3. The molecule has 0 unspecified atom stereocenters. The number of hydrogen-bond acceptors (Lipinski definition) is 3. The Morgan fingerprint density at radius 1 is 1.54 bits per heavy atom. The molecule has 0 atom stereocenters. The smallest absolute Gasteiger partial charge is 0.135 e. The van der Waals surface area contributed by atoms with Gasteiger partial charge in [0.05, 0.1) is 16.3 Å². The highest BCUT2D eigenvalue weighted by atomic mass is 79.9. The molecule has 1 aromatic heterocycles. The fourth-order valence-corrected chi connectivity index (χ4v) is 3.21. The van der Waals surface area contributed by atoms with Crippen LogP contribution >= 0.6 is 39.9 Å². The summed E-state index contributed by atoms with van der Waals surface area (Å²) in [5.41, 5.74) is 0. The summed E-state index contributed by atoms with van der Waals surface area (Å²) in [7, 11) is 1.66. The van der Waals surface area contributed by atoms with Gasteiger partial charge in [0, 0.05) is 10.3 Å². The maximum Gasteiger partial charge on any atom is 0.135 e. The molecule has 13 heavy (non-hydrogen) atoms. The lowest BCUT2D eigenvalue weighted by Gasteiger charge is -2.05. The normalized spacial score (nSPS) is 10.7. The largest absolute Gasteiger partial charge is 0.495 e. The van der Waals surface area contributed by atoms with E-state index < -0.39 is 0 Å². The number of ether oxygens (including phenoxy) is 1. The highest BCUT2D eigenvalue weighted by Crippen LogP contribution is 2.39.